The van der Waals surface area contributed by atoms with Crippen molar-refractivity contribution in [2.75, 3.05) is 6.61 Å². The Morgan fingerprint density at radius 3 is 3.00 bits per heavy atom. The van der Waals surface area contributed by atoms with E-state index in [0.29, 0.717) is 18.6 Å². The first-order valence-electron chi connectivity index (χ1n) is 6.56. The number of hydrogen-bond acceptors (Lipinski definition) is 3. The maximum absolute atomic E-state index is 9.36. The molecule has 0 aliphatic heterocycles. The number of nitrogens with one attached hydrogen (secondary N) is 1. The summed E-state index contributed by atoms with van der Waals surface area (Å²) in [7, 11) is 0. The average molecular weight is 234 g/mol. The molecule has 94 valence electrons. The van der Waals surface area contributed by atoms with Gasteiger partial charge in [-0.1, -0.05) is 18.9 Å². The van der Waals surface area contributed by atoms with Crippen molar-refractivity contribution in [3.05, 3.63) is 29.6 Å². The van der Waals surface area contributed by atoms with Crippen LogP contribution in [0.5, 0.6) is 0 Å². The Kier molecular flexibility index (Phi) is 4.51. The van der Waals surface area contributed by atoms with Gasteiger partial charge in [0.2, 0.25) is 0 Å². The molecular formula is C14H22N2O. The molecular weight excluding hydrogens is 212 g/mol. The molecule has 1 fully saturated rings. The molecule has 2 rings (SSSR count). The molecule has 1 aliphatic rings. The van der Waals surface area contributed by atoms with E-state index < -0.39 is 0 Å². The van der Waals surface area contributed by atoms with E-state index in [9.17, 15) is 5.11 Å². The van der Waals surface area contributed by atoms with Crippen LogP contribution in [0.4, 0.5) is 0 Å². The third-order valence-electron chi connectivity index (χ3n) is 3.79. The fourth-order valence-electron chi connectivity index (χ4n) is 2.63. The molecule has 0 spiro atoms. The van der Waals surface area contributed by atoms with Crippen LogP contribution in [0.1, 0.15) is 36.9 Å². The minimum Gasteiger partial charge on any atom is -0.396 e. The molecule has 0 radical (unpaired) electrons. The summed E-state index contributed by atoms with van der Waals surface area (Å²) in [5, 5.41) is 12.9. The first-order chi connectivity index (χ1) is 8.31. The van der Waals surface area contributed by atoms with Crippen LogP contribution in [0.2, 0.25) is 0 Å². The Hall–Kier alpha value is -0.930. The monoisotopic (exact) mass is 234 g/mol. The normalized spacial score (nSPS) is 24.8. The number of rotatable bonds is 4. The second kappa shape index (κ2) is 6.12. The van der Waals surface area contributed by atoms with Crippen molar-refractivity contribution in [3.63, 3.8) is 0 Å². The maximum atomic E-state index is 9.36. The summed E-state index contributed by atoms with van der Waals surface area (Å²) in [6, 6.07) is 4.51. The van der Waals surface area contributed by atoms with Gasteiger partial charge in [-0.25, -0.2) is 0 Å². The molecule has 17 heavy (non-hydrogen) atoms. The Balaban J connectivity index is 1.90. The van der Waals surface area contributed by atoms with Gasteiger partial charge in [0.05, 0.1) is 5.69 Å². The highest BCUT2D eigenvalue weighted by Crippen LogP contribution is 2.24. The molecule has 3 heteroatoms. The predicted molar refractivity (Wildman–Crippen MR) is 68.6 cm³/mol. The maximum Gasteiger partial charge on any atom is 0.0570 e. The van der Waals surface area contributed by atoms with Crippen molar-refractivity contribution in [1.82, 2.24) is 10.3 Å². The van der Waals surface area contributed by atoms with Gasteiger partial charge < -0.3 is 10.4 Å². The van der Waals surface area contributed by atoms with Crippen LogP contribution >= 0.6 is 0 Å². The summed E-state index contributed by atoms with van der Waals surface area (Å²) in [5.41, 5.74) is 2.35. The largest absolute Gasteiger partial charge is 0.396 e. The Morgan fingerprint density at radius 1 is 1.41 bits per heavy atom. The number of pyridine rings is 1. The van der Waals surface area contributed by atoms with Crippen LogP contribution in [0, 0.1) is 12.8 Å². The second-order valence-electron chi connectivity index (χ2n) is 4.98. The van der Waals surface area contributed by atoms with E-state index in [1.807, 2.05) is 12.3 Å². The number of hydrogen-bond donors (Lipinski definition) is 2. The lowest BCUT2D eigenvalue weighted by molar-refractivity contribution is 0.152. The quantitative estimate of drug-likeness (QED) is 0.838. The molecule has 1 saturated carbocycles. The van der Waals surface area contributed by atoms with E-state index in [0.717, 1.165) is 18.7 Å². The average Bonchev–Trinajstić information content (AvgIpc) is 2.38. The van der Waals surface area contributed by atoms with E-state index in [1.54, 1.807) is 0 Å². The van der Waals surface area contributed by atoms with E-state index in [-0.39, 0.29) is 0 Å². The van der Waals surface area contributed by atoms with E-state index >= 15 is 0 Å². The van der Waals surface area contributed by atoms with Crippen LogP contribution < -0.4 is 5.32 Å². The third-order valence-corrected chi connectivity index (χ3v) is 3.79. The topological polar surface area (TPSA) is 45.2 Å². The van der Waals surface area contributed by atoms with Gasteiger partial charge in [-0.2, -0.15) is 0 Å². The lowest BCUT2D eigenvalue weighted by Crippen LogP contribution is -2.40. The van der Waals surface area contributed by atoms with Crippen LogP contribution in [0.15, 0.2) is 18.3 Å². The molecule has 2 atom stereocenters. The molecule has 1 aromatic rings. The van der Waals surface area contributed by atoms with Crippen molar-refractivity contribution >= 4 is 0 Å². The zero-order valence-corrected chi connectivity index (χ0v) is 10.5. The standard InChI is InChI=1S/C14H22N2O/c1-11-5-4-8-15-14(11)9-16-13-7-3-2-6-12(13)10-17/h4-5,8,12-13,16-17H,2-3,6-7,9-10H2,1H3. The Labute approximate surface area is 103 Å². The predicted octanol–water partition coefficient (Wildman–Crippen LogP) is 2.03. The molecule has 3 nitrogen and oxygen atoms in total. The van der Waals surface area contributed by atoms with Crippen LogP contribution in [0.25, 0.3) is 0 Å². The van der Waals surface area contributed by atoms with Crippen molar-refractivity contribution in [1.29, 1.82) is 0 Å². The zero-order valence-electron chi connectivity index (χ0n) is 10.5. The summed E-state index contributed by atoms with van der Waals surface area (Å²) in [4.78, 5) is 4.39. The molecule has 2 unspecified atom stereocenters. The molecule has 1 aliphatic carbocycles. The minimum absolute atomic E-state index is 0.304. The van der Waals surface area contributed by atoms with Crippen LogP contribution in [0.3, 0.4) is 0 Å². The summed E-state index contributed by atoms with van der Waals surface area (Å²) in [6.45, 7) is 3.21. The summed E-state index contributed by atoms with van der Waals surface area (Å²) in [6.07, 6.45) is 6.70. The van der Waals surface area contributed by atoms with E-state index in [1.165, 1.54) is 24.8 Å². The molecule has 0 bridgehead atoms. The minimum atomic E-state index is 0.304. The van der Waals surface area contributed by atoms with Crippen molar-refractivity contribution in [2.45, 2.75) is 45.2 Å². The number of nitrogens with zero attached hydrogens (tertiary/aromatic N) is 1. The van der Waals surface area contributed by atoms with Gasteiger partial charge in [0, 0.05) is 25.4 Å². The van der Waals surface area contributed by atoms with Gasteiger partial charge in [0.15, 0.2) is 0 Å². The second-order valence-corrected chi connectivity index (χ2v) is 4.98. The van der Waals surface area contributed by atoms with Gasteiger partial charge in [-0.05, 0) is 37.3 Å². The van der Waals surface area contributed by atoms with Crippen LogP contribution in [-0.2, 0) is 6.54 Å². The molecule has 1 heterocycles. The number of aromatic nitrogens is 1. The fraction of sp³-hybridized carbons (Fsp3) is 0.643. The molecule has 1 aromatic heterocycles. The first kappa shape index (κ1) is 12.5. The van der Waals surface area contributed by atoms with Crippen LogP contribution in [-0.4, -0.2) is 22.7 Å². The highest BCUT2D eigenvalue weighted by Gasteiger charge is 2.23. The lowest BCUT2D eigenvalue weighted by Gasteiger charge is -2.31. The molecule has 2 N–H and O–H groups in total. The van der Waals surface area contributed by atoms with Gasteiger partial charge in [0.1, 0.15) is 0 Å². The Bertz CT molecular complexity index is 354. The summed E-state index contributed by atoms with van der Waals surface area (Å²) >= 11 is 0. The summed E-state index contributed by atoms with van der Waals surface area (Å²) < 4.78 is 0. The van der Waals surface area contributed by atoms with Gasteiger partial charge in [-0.15, -0.1) is 0 Å². The Morgan fingerprint density at radius 2 is 2.24 bits per heavy atom. The highest BCUT2D eigenvalue weighted by molar-refractivity contribution is 5.17. The number of aryl methyl sites for hydroxylation is 1. The first-order valence-corrected chi connectivity index (χ1v) is 6.56. The van der Waals surface area contributed by atoms with E-state index in [4.69, 9.17) is 0 Å². The summed E-state index contributed by atoms with van der Waals surface area (Å²) in [5.74, 6) is 0.424. The van der Waals surface area contributed by atoms with Gasteiger partial charge in [0.25, 0.3) is 0 Å². The van der Waals surface area contributed by atoms with Crippen molar-refractivity contribution in [2.24, 2.45) is 5.92 Å². The number of aliphatic hydroxyl groups is 1. The van der Waals surface area contributed by atoms with E-state index in [2.05, 4.69) is 23.3 Å². The lowest BCUT2D eigenvalue weighted by atomic mass is 9.85. The SMILES string of the molecule is Cc1cccnc1CNC1CCCCC1CO. The highest BCUT2D eigenvalue weighted by atomic mass is 16.3. The molecule has 0 saturated heterocycles. The molecule has 0 amide bonds. The molecule has 0 aromatic carbocycles. The third kappa shape index (κ3) is 3.27. The van der Waals surface area contributed by atoms with Crippen molar-refractivity contribution < 1.29 is 5.11 Å². The fourth-order valence-corrected chi connectivity index (χ4v) is 2.63. The van der Waals surface area contributed by atoms with Gasteiger partial charge in [-0.3, -0.25) is 4.98 Å². The van der Waals surface area contributed by atoms with Crippen molar-refractivity contribution in [3.8, 4) is 0 Å². The zero-order chi connectivity index (χ0) is 12.1. The smallest absolute Gasteiger partial charge is 0.0570 e. The van der Waals surface area contributed by atoms with Gasteiger partial charge >= 0.3 is 0 Å². The number of aliphatic hydroxyl groups excluding tert-OH is 1.